The molecule has 0 bridgehead atoms. The highest BCUT2D eigenvalue weighted by molar-refractivity contribution is 5.84. The summed E-state index contributed by atoms with van der Waals surface area (Å²) in [5.41, 5.74) is -1.57. The van der Waals surface area contributed by atoms with Crippen molar-refractivity contribution in [3.8, 4) is 0 Å². The van der Waals surface area contributed by atoms with Gasteiger partial charge in [0, 0.05) is 14.2 Å². The first-order valence-corrected chi connectivity index (χ1v) is 3.25. The first-order valence-electron chi connectivity index (χ1n) is 3.25. The van der Waals surface area contributed by atoms with Gasteiger partial charge in [-0.2, -0.15) is 0 Å². The Hall–Kier alpha value is -0.450. The zero-order valence-electron chi connectivity index (χ0n) is 7.25. The fourth-order valence-corrected chi connectivity index (χ4v) is 0.721. The summed E-state index contributed by atoms with van der Waals surface area (Å²) in [6.07, 6.45) is -0.903. The topological polar surface area (TPSA) is 55.8 Å². The number of carbonyl (C=O) groups excluding carboxylic acids is 1. The number of ketones is 1. The molecular weight excluding hydrogens is 148 g/mol. The van der Waals surface area contributed by atoms with Crippen molar-refractivity contribution in [2.24, 2.45) is 0 Å². The van der Waals surface area contributed by atoms with Crippen molar-refractivity contribution < 1.29 is 19.4 Å². The van der Waals surface area contributed by atoms with Gasteiger partial charge in [-0.05, 0) is 13.8 Å². The van der Waals surface area contributed by atoms with E-state index in [1.54, 1.807) is 0 Å². The molecule has 11 heavy (non-hydrogen) atoms. The van der Waals surface area contributed by atoms with Crippen molar-refractivity contribution in [2.45, 2.75) is 25.7 Å². The van der Waals surface area contributed by atoms with Gasteiger partial charge in [0.25, 0.3) is 0 Å². The van der Waals surface area contributed by atoms with E-state index in [4.69, 9.17) is 9.47 Å². The lowest BCUT2D eigenvalue weighted by Crippen LogP contribution is -2.47. The highest BCUT2D eigenvalue weighted by atomic mass is 16.7. The van der Waals surface area contributed by atoms with Gasteiger partial charge < -0.3 is 14.6 Å². The van der Waals surface area contributed by atoms with Crippen molar-refractivity contribution in [1.82, 2.24) is 0 Å². The average Bonchev–Trinajstić information content (AvgIpc) is 1.89. The Labute approximate surface area is 66.1 Å². The van der Waals surface area contributed by atoms with E-state index in [1.165, 1.54) is 28.1 Å². The molecule has 0 aliphatic rings. The van der Waals surface area contributed by atoms with E-state index in [0.717, 1.165) is 0 Å². The monoisotopic (exact) mass is 162 g/mol. The van der Waals surface area contributed by atoms with Crippen LogP contribution >= 0.6 is 0 Å². The Bertz CT molecular complexity index is 137. The lowest BCUT2D eigenvalue weighted by atomic mass is 10.0. The van der Waals surface area contributed by atoms with Gasteiger partial charge in [0.15, 0.2) is 17.7 Å². The third kappa shape index (κ3) is 2.25. The average molecular weight is 162 g/mol. The van der Waals surface area contributed by atoms with Crippen LogP contribution in [0.5, 0.6) is 0 Å². The Kier molecular flexibility index (Phi) is 3.65. The second kappa shape index (κ2) is 3.80. The standard InChI is InChI=1S/C7H14O4/c1-5(8)7(2,9)6(10-3)11-4/h6,9H,1-4H3. The third-order valence-corrected chi connectivity index (χ3v) is 1.60. The Balaban J connectivity index is 4.36. The number of ether oxygens (including phenoxy) is 2. The number of hydrogen-bond acceptors (Lipinski definition) is 4. The van der Waals surface area contributed by atoms with Gasteiger partial charge in [-0.25, -0.2) is 0 Å². The summed E-state index contributed by atoms with van der Waals surface area (Å²) in [5, 5.41) is 9.45. The summed E-state index contributed by atoms with van der Waals surface area (Å²) in [7, 11) is 2.73. The number of methoxy groups -OCH3 is 2. The fraction of sp³-hybridized carbons (Fsp3) is 0.857. The van der Waals surface area contributed by atoms with Crippen molar-refractivity contribution in [3.05, 3.63) is 0 Å². The Morgan fingerprint density at radius 2 is 1.82 bits per heavy atom. The molecule has 0 spiro atoms. The predicted octanol–water partition coefficient (Wildman–Crippen LogP) is -0.0547. The van der Waals surface area contributed by atoms with Gasteiger partial charge in [0.1, 0.15) is 0 Å². The van der Waals surface area contributed by atoms with Gasteiger partial charge in [-0.15, -0.1) is 0 Å². The lowest BCUT2D eigenvalue weighted by molar-refractivity contribution is -0.206. The van der Waals surface area contributed by atoms with E-state index in [0.29, 0.717) is 0 Å². The second-order valence-electron chi connectivity index (χ2n) is 2.51. The van der Waals surface area contributed by atoms with Crippen molar-refractivity contribution in [3.63, 3.8) is 0 Å². The molecule has 0 aromatic rings. The molecule has 0 aromatic carbocycles. The van der Waals surface area contributed by atoms with Gasteiger partial charge in [-0.1, -0.05) is 0 Å². The van der Waals surface area contributed by atoms with Crippen LogP contribution in [0.3, 0.4) is 0 Å². The SMILES string of the molecule is COC(OC)C(C)(O)C(C)=O. The largest absolute Gasteiger partial charge is 0.377 e. The van der Waals surface area contributed by atoms with Crippen LogP contribution in [0.15, 0.2) is 0 Å². The molecule has 0 saturated carbocycles. The van der Waals surface area contributed by atoms with E-state index in [2.05, 4.69) is 0 Å². The zero-order chi connectivity index (χ0) is 9.07. The van der Waals surface area contributed by atoms with Crippen LogP contribution in [-0.4, -0.2) is 37.0 Å². The Morgan fingerprint density at radius 1 is 1.45 bits per heavy atom. The van der Waals surface area contributed by atoms with Crippen LogP contribution in [0.1, 0.15) is 13.8 Å². The number of rotatable bonds is 4. The molecule has 66 valence electrons. The number of aliphatic hydroxyl groups is 1. The maximum atomic E-state index is 10.8. The molecule has 0 aliphatic carbocycles. The molecule has 1 atom stereocenters. The molecule has 0 aliphatic heterocycles. The predicted molar refractivity (Wildman–Crippen MR) is 39.1 cm³/mol. The summed E-state index contributed by atoms with van der Waals surface area (Å²) in [6.45, 7) is 2.64. The smallest absolute Gasteiger partial charge is 0.192 e. The highest BCUT2D eigenvalue weighted by Crippen LogP contribution is 2.14. The van der Waals surface area contributed by atoms with E-state index >= 15 is 0 Å². The summed E-state index contributed by atoms with van der Waals surface area (Å²) in [5.74, 6) is -0.383. The summed E-state index contributed by atoms with van der Waals surface area (Å²) >= 11 is 0. The van der Waals surface area contributed by atoms with Crippen LogP contribution in [0.25, 0.3) is 0 Å². The number of hydrogen-bond donors (Lipinski definition) is 1. The normalized spacial score (nSPS) is 16.5. The third-order valence-electron chi connectivity index (χ3n) is 1.60. The van der Waals surface area contributed by atoms with Crippen LogP contribution in [-0.2, 0) is 14.3 Å². The van der Waals surface area contributed by atoms with E-state index in [9.17, 15) is 9.90 Å². The highest BCUT2D eigenvalue weighted by Gasteiger charge is 2.37. The molecule has 4 heteroatoms. The minimum atomic E-state index is -1.57. The zero-order valence-corrected chi connectivity index (χ0v) is 7.25. The van der Waals surface area contributed by atoms with E-state index in [1.807, 2.05) is 0 Å². The lowest BCUT2D eigenvalue weighted by Gasteiger charge is -2.27. The molecule has 0 radical (unpaired) electrons. The first kappa shape index (κ1) is 10.6. The summed E-state index contributed by atoms with van der Waals surface area (Å²) in [6, 6.07) is 0. The molecule has 0 amide bonds. The summed E-state index contributed by atoms with van der Waals surface area (Å²) < 4.78 is 9.46. The van der Waals surface area contributed by atoms with Crippen molar-refractivity contribution in [1.29, 1.82) is 0 Å². The Morgan fingerprint density at radius 3 is 1.91 bits per heavy atom. The van der Waals surface area contributed by atoms with Crippen molar-refractivity contribution >= 4 is 5.78 Å². The minimum Gasteiger partial charge on any atom is -0.377 e. The maximum absolute atomic E-state index is 10.8. The van der Waals surface area contributed by atoms with Gasteiger partial charge in [-0.3, -0.25) is 4.79 Å². The molecule has 0 rings (SSSR count). The summed E-state index contributed by atoms with van der Waals surface area (Å²) in [4.78, 5) is 10.8. The molecule has 4 nitrogen and oxygen atoms in total. The minimum absolute atomic E-state index is 0.383. The van der Waals surface area contributed by atoms with Crippen LogP contribution in [0, 0.1) is 0 Å². The van der Waals surface area contributed by atoms with Gasteiger partial charge in [0.2, 0.25) is 0 Å². The van der Waals surface area contributed by atoms with Crippen LogP contribution in [0.2, 0.25) is 0 Å². The first-order chi connectivity index (χ1) is 4.96. The molecule has 0 aromatic heterocycles. The number of carbonyl (C=O) groups is 1. The molecule has 0 heterocycles. The van der Waals surface area contributed by atoms with Crippen LogP contribution in [0.4, 0.5) is 0 Å². The molecular formula is C7H14O4. The second-order valence-corrected chi connectivity index (χ2v) is 2.51. The number of Topliss-reactive ketones (excluding diaryl/α,β-unsaturated/α-hetero) is 1. The van der Waals surface area contributed by atoms with Gasteiger partial charge in [0.05, 0.1) is 0 Å². The maximum Gasteiger partial charge on any atom is 0.192 e. The molecule has 0 fully saturated rings. The van der Waals surface area contributed by atoms with E-state index < -0.39 is 11.9 Å². The molecule has 0 saturated heterocycles. The molecule has 1 unspecified atom stereocenters. The van der Waals surface area contributed by atoms with Gasteiger partial charge >= 0.3 is 0 Å². The van der Waals surface area contributed by atoms with Crippen LogP contribution < -0.4 is 0 Å². The fourth-order valence-electron chi connectivity index (χ4n) is 0.721. The van der Waals surface area contributed by atoms with Crippen molar-refractivity contribution in [2.75, 3.05) is 14.2 Å². The quantitative estimate of drug-likeness (QED) is 0.589. The van der Waals surface area contributed by atoms with E-state index in [-0.39, 0.29) is 5.78 Å². The molecule has 1 N–H and O–H groups in total.